The minimum absolute atomic E-state index is 0.0692. The molecule has 1 heterocycles. The van der Waals surface area contributed by atoms with Gasteiger partial charge in [0.15, 0.2) is 0 Å². The largest absolute Gasteiger partial charge is 0.508 e. The minimum atomic E-state index is -1.33. The third kappa shape index (κ3) is 2.51. The van der Waals surface area contributed by atoms with Crippen molar-refractivity contribution in [3.63, 3.8) is 0 Å². The molecule has 0 saturated carbocycles. The van der Waals surface area contributed by atoms with Crippen molar-refractivity contribution in [2.75, 3.05) is 7.11 Å². The van der Waals surface area contributed by atoms with Crippen LogP contribution in [-0.2, 0) is 9.47 Å². The van der Waals surface area contributed by atoms with E-state index in [-0.39, 0.29) is 28.9 Å². The topological polar surface area (TPSA) is 76.0 Å². The number of hydrogen-bond acceptors (Lipinski definition) is 5. The maximum atomic E-state index is 12.6. The zero-order valence-corrected chi connectivity index (χ0v) is 12.0. The number of methoxy groups -OCH3 is 1. The molecule has 0 aromatic heterocycles. The molecule has 0 aliphatic carbocycles. The van der Waals surface area contributed by atoms with Gasteiger partial charge in [-0.2, -0.15) is 0 Å². The molecule has 1 saturated heterocycles. The molecule has 20 heavy (non-hydrogen) atoms. The molecule has 1 fully saturated rings. The van der Waals surface area contributed by atoms with E-state index in [0.717, 1.165) is 12.8 Å². The number of phenols is 2. The van der Waals surface area contributed by atoms with Gasteiger partial charge in [-0.05, 0) is 38.8 Å². The van der Waals surface area contributed by atoms with Crippen molar-refractivity contribution in [2.24, 2.45) is 0 Å². The Morgan fingerprint density at radius 3 is 2.50 bits per heavy atom. The summed E-state index contributed by atoms with van der Waals surface area (Å²) in [5.74, 6) is -1.95. The van der Waals surface area contributed by atoms with Gasteiger partial charge in [-0.1, -0.05) is 0 Å². The first kappa shape index (κ1) is 14.8. The zero-order chi connectivity index (χ0) is 14.9. The molecular formula is C15H20O5. The van der Waals surface area contributed by atoms with E-state index in [4.69, 9.17) is 9.47 Å². The van der Waals surface area contributed by atoms with Crippen molar-refractivity contribution < 1.29 is 24.5 Å². The lowest BCUT2D eigenvalue weighted by Gasteiger charge is -2.37. The molecule has 110 valence electrons. The van der Waals surface area contributed by atoms with E-state index in [1.165, 1.54) is 19.2 Å². The lowest BCUT2D eigenvalue weighted by molar-refractivity contribution is -0.229. The minimum Gasteiger partial charge on any atom is -0.508 e. The van der Waals surface area contributed by atoms with Gasteiger partial charge in [0.05, 0.1) is 6.10 Å². The Kier molecular flexibility index (Phi) is 4.01. The summed E-state index contributed by atoms with van der Waals surface area (Å²) < 4.78 is 11.1. The van der Waals surface area contributed by atoms with Crippen molar-refractivity contribution in [3.8, 4) is 11.5 Å². The number of carbonyl (C=O) groups excluding carboxylic acids is 1. The number of carbonyl (C=O) groups is 1. The van der Waals surface area contributed by atoms with Crippen molar-refractivity contribution in [2.45, 2.75) is 45.0 Å². The summed E-state index contributed by atoms with van der Waals surface area (Å²) in [6.45, 7) is 3.47. The van der Waals surface area contributed by atoms with Gasteiger partial charge in [-0.15, -0.1) is 0 Å². The smallest absolute Gasteiger partial charge is 0.233 e. The van der Waals surface area contributed by atoms with E-state index in [0.29, 0.717) is 12.0 Å². The third-order valence-electron chi connectivity index (χ3n) is 3.80. The Bertz CT molecular complexity index is 502. The molecule has 0 spiro atoms. The highest BCUT2D eigenvalue weighted by atomic mass is 16.7. The Hall–Kier alpha value is -1.59. The van der Waals surface area contributed by atoms with Crippen LogP contribution in [0.1, 0.15) is 42.1 Å². The Morgan fingerprint density at radius 1 is 1.40 bits per heavy atom. The number of benzene rings is 1. The average molecular weight is 280 g/mol. The van der Waals surface area contributed by atoms with Gasteiger partial charge in [0.2, 0.25) is 11.6 Å². The molecule has 1 aliphatic rings. The van der Waals surface area contributed by atoms with Crippen molar-refractivity contribution in [1.29, 1.82) is 0 Å². The van der Waals surface area contributed by atoms with E-state index >= 15 is 0 Å². The molecule has 2 rings (SSSR count). The van der Waals surface area contributed by atoms with Crippen LogP contribution in [-0.4, -0.2) is 35.0 Å². The fourth-order valence-corrected chi connectivity index (χ4v) is 2.51. The van der Waals surface area contributed by atoms with Crippen molar-refractivity contribution in [3.05, 3.63) is 23.3 Å². The van der Waals surface area contributed by atoms with Crippen LogP contribution in [0, 0.1) is 6.92 Å². The van der Waals surface area contributed by atoms with Crippen molar-refractivity contribution in [1.82, 2.24) is 0 Å². The number of ether oxygens (including phenoxy) is 2. The predicted octanol–water partition coefficient (Wildman–Crippen LogP) is 2.52. The maximum Gasteiger partial charge on any atom is 0.233 e. The summed E-state index contributed by atoms with van der Waals surface area (Å²) in [5, 5.41) is 19.5. The van der Waals surface area contributed by atoms with E-state index in [9.17, 15) is 15.0 Å². The van der Waals surface area contributed by atoms with Gasteiger partial charge < -0.3 is 19.7 Å². The highest BCUT2D eigenvalue weighted by molar-refractivity contribution is 6.02. The zero-order valence-electron chi connectivity index (χ0n) is 12.0. The van der Waals surface area contributed by atoms with Crippen LogP contribution in [0.3, 0.4) is 0 Å². The van der Waals surface area contributed by atoms with Crippen LogP contribution in [0.25, 0.3) is 0 Å². The van der Waals surface area contributed by atoms with Crippen LogP contribution in [0.15, 0.2) is 12.1 Å². The van der Waals surface area contributed by atoms with Gasteiger partial charge in [-0.3, -0.25) is 4.79 Å². The van der Waals surface area contributed by atoms with Crippen LogP contribution < -0.4 is 0 Å². The first-order chi connectivity index (χ1) is 9.39. The Morgan fingerprint density at radius 2 is 2.00 bits per heavy atom. The Balaban J connectivity index is 2.38. The summed E-state index contributed by atoms with van der Waals surface area (Å²) in [6, 6.07) is 2.67. The predicted molar refractivity (Wildman–Crippen MR) is 73.0 cm³/mol. The second-order valence-corrected chi connectivity index (χ2v) is 5.25. The lowest BCUT2D eigenvalue weighted by atomic mass is 9.93. The normalized spacial score (nSPS) is 26.4. The Labute approximate surface area is 118 Å². The molecule has 5 heteroatoms. The standard InChI is InChI=1S/C15H20O5/c1-9-5-4-6-15(19-3,20-9)14(18)11-7-12(16)10(2)13(17)8-11/h7-9,16-17H,4-6H2,1-3H3/t9-,15-/m0/s1. The average Bonchev–Trinajstić information content (AvgIpc) is 2.43. The number of hydrogen-bond donors (Lipinski definition) is 2. The summed E-state index contributed by atoms with van der Waals surface area (Å²) >= 11 is 0. The number of ketones is 1. The molecule has 2 N–H and O–H groups in total. The monoisotopic (exact) mass is 280 g/mol. The van der Waals surface area contributed by atoms with Gasteiger partial charge in [0.1, 0.15) is 11.5 Å². The maximum absolute atomic E-state index is 12.6. The third-order valence-corrected chi connectivity index (χ3v) is 3.80. The van der Waals surface area contributed by atoms with E-state index in [1.54, 1.807) is 6.92 Å². The summed E-state index contributed by atoms with van der Waals surface area (Å²) in [4.78, 5) is 12.6. The molecule has 1 aliphatic heterocycles. The van der Waals surface area contributed by atoms with Crippen LogP contribution in [0.2, 0.25) is 0 Å². The van der Waals surface area contributed by atoms with E-state index in [2.05, 4.69) is 0 Å². The highest BCUT2D eigenvalue weighted by Gasteiger charge is 2.44. The quantitative estimate of drug-likeness (QED) is 0.832. The van der Waals surface area contributed by atoms with Gasteiger partial charge in [0, 0.05) is 24.7 Å². The van der Waals surface area contributed by atoms with Gasteiger partial charge in [-0.25, -0.2) is 0 Å². The number of aromatic hydroxyl groups is 2. The molecule has 1 aromatic rings. The number of phenolic OH excluding ortho intramolecular Hbond substituents is 2. The molecule has 0 unspecified atom stereocenters. The summed E-state index contributed by atoms with van der Waals surface area (Å²) in [7, 11) is 1.43. The van der Waals surface area contributed by atoms with Crippen molar-refractivity contribution >= 4 is 5.78 Å². The van der Waals surface area contributed by atoms with Crippen LogP contribution in [0.5, 0.6) is 11.5 Å². The first-order valence-electron chi connectivity index (χ1n) is 6.70. The summed E-state index contributed by atoms with van der Waals surface area (Å²) in [5.41, 5.74) is 0.521. The number of rotatable bonds is 3. The molecule has 1 aromatic carbocycles. The van der Waals surface area contributed by atoms with Crippen LogP contribution >= 0.6 is 0 Å². The molecule has 0 radical (unpaired) electrons. The SMILES string of the molecule is CO[C@@]1(C(=O)c2cc(O)c(C)c(O)c2)CCC[C@H](C)O1. The van der Waals surface area contributed by atoms with Gasteiger partial charge in [0.25, 0.3) is 0 Å². The molecule has 5 nitrogen and oxygen atoms in total. The highest BCUT2D eigenvalue weighted by Crippen LogP contribution is 2.35. The fraction of sp³-hybridized carbons (Fsp3) is 0.533. The second kappa shape index (κ2) is 5.42. The molecule has 2 atom stereocenters. The molecule has 0 bridgehead atoms. The van der Waals surface area contributed by atoms with E-state index < -0.39 is 5.79 Å². The second-order valence-electron chi connectivity index (χ2n) is 5.25. The van der Waals surface area contributed by atoms with Gasteiger partial charge >= 0.3 is 0 Å². The number of Topliss-reactive ketones (excluding diaryl/α,β-unsaturated/α-hetero) is 1. The molecule has 0 amide bonds. The first-order valence-corrected chi connectivity index (χ1v) is 6.70. The lowest BCUT2D eigenvalue weighted by Crippen LogP contribution is -2.48. The van der Waals surface area contributed by atoms with E-state index in [1.807, 2.05) is 6.92 Å². The fourth-order valence-electron chi connectivity index (χ4n) is 2.51. The molecular weight excluding hydrogens is 260 g/mol. The summed E-state index contributed by atoms with van der Waals surface area (Å²) in [6.07, 6.45) is 2.09. The van der Waals surface area contributed by atoms with Crippen LogP contribution in [0.4, 0.5) is 0 Å².